The number of nitrogens with one attached hydrogen (secondary N) is 3. The fraction of sp³-hybridized carbons (Fsp3) is 0.263. The first-order valence-electron chi connectivity index (χ1n) is 8.48. The van der Waals surface area contributed by atoms with Crippen LogP contribution >= 0.6 is 0 Å². The Balaban J connectivity index is 1.60. The second-order valence-corrected chi connectivity index (χ2v) is 5.67. The number of carbonyl (C=O) groups is 2. The maximum absolute atomic E-state index is 12.2. The average Bonchev–Trinajstić information content (AvgIpc) is 2.67. The molecule has 0 bridgehead atoms. The standard InChI is InChI=1S/C19H21N3O4/c1-2-20-19(24)13-5-3-6-14(11-13)22-17(23)12-21-15-7-4-8-16-18(15)26-10-9-25-16/h3-8,11,21H,2,9-10,12H2,1H3,(H,20,24)(H,22,23). The van der Waals surface area contributed by atoms with Crippen LogP contribution in [-0.4, -0.2) is 38.1 Å². The number of amides is 2. The lowest BCUT2D eigenvalue weighted by Gasteiger charge is -2.21. The van der Waals surface area contributed by atoms with Crippen molar-refractivity contribution in [2.24, 2.45) is 0 Å². The molecule has 0 fully saturated rings. The summed E-state index contributed by atoms with van der Waals surface area (Å²) in [6, 6.07) is 12.3. The van der Waals surface area contributed by atoms with Gasteiger partial charge in [-0.25, -0.2) is 0 Å². The average molecular weight is 355 g/mol. The number of benzene rings is 2. The van der Waals surface area contributed by atoms with Crippen molar-refractivity contribution in [2.45, 2.75) is 6.92 Å². The summed E-state index contributed by atoms with van der Waals surface area (Å²) < 4.78 is 11.1. The predicted molar refractivity (Wildman–Crippen MR) is 99.0 cm³/mol. The van der Waals surface area contributed by atoms with Crippen molar-refractivity contribution in [1.29, 1.82) is 0 Å². The van der Waals surface area contributed by atoms with E-state index in [0.29, 0.717) is 48.2 Å². The Bertz CT molecular complexity index is 807. The molecule has 3 rings (SSSR count). The van der Waals surface area contributed by atoms with Gasteiger partial charge in [0.2, 0.25) is 5.91 Å². The summed E-state index contributed by atoms with van der Waals surface area (Å²) in [5.74, 6) is 0.878. The first-order chi connectivity index (χ1) is 12.7. The van der Waals surface area contributed by atoms with Crippen LogP contribution in [0.1, 0.15) is 17.3 Å². The van der Waals surface area contributed by atoms with Gasteiger partial charge >= 0.3 is 0 Å². The normalized spacial score (nSPS) is 12.2. The molecule has 3 N–H and O–H groups in total. The maximum atomic E-state index is 12.2. The van der Waals surface area contributed by atoms with Crippen molar-refractivity contribution in [3.63, 3.8) is 0 Å². The molecule has 0 aromatic heterocycles. The first-order valence-corrected chi connectivity index (χ1v) is 8.48. The van der Waals surface area contributed by atoms with Crippen molar-refractivity contribution in [3.05, 3.63) is 48.0 Å². The highest BCUT2D eigenvalue weighted by atomic mass is 16.6. The van der Waals surface area contributed by atoms with Crippen LogP contribution in [0.5, 0.6) is 11.5 Å². The highest BCUT2D eigenvalue weighted by molar-refractivity contribution is 5.98. The summed E-state index contributed by atoms with van der Waals surface area (Å²) >= 11 is 0. The molecule has 0 unspecified atom stereocenters. The Morgan fingerprint density at radius 1 is 1.08 bits per heavy atom. The Labute approximate surface area is 151 Å². The minimum absolute atomic E-state index is 0.0607. The largest absolute Gasteiger partial charge is 0.486 e. The number of anilines is 2. The molecule has 136 valence electrons. The number of carbonyl (C=O) groups excluding carboxylic acids is 2. The van der Waals surface area contributed by atoms with Gasteiger partial charge < -0.3 is 25.4 Å². The quantitative estimate of drug-likeness (QED) is 0.740. The Morgan fingerprint density at radius 2 is 1.88 bits per heavy atom. The van der Waals surface area contributed by atoms with Gasteiger partial charge in [0.15, 0.2) is 11.5 Å². The van der Waals surface area contributed by atoms with Gasteiger partial charge in [-0.15, -0.1) is 0 Å². The molecule has 1 aliphatic heterocycles. The number of ether oxygens (including phenoxy) is 2. The summed E-state index contributed by atoms with van der Waals surface area (Å²) in [7, 11) is 0. The van der Waals surface area contributed by atoms with Crippen LogP contribution in [0.2, 0.25) is 0 Å². The van der Waals surface area contributed by atoms with Gasteiger partial charge in [-0.2, -0.15) is 0 Å². The van der Waals surface area contributed by atoms with Gasteiger partial charge in [-0.3, -0.25) is 9.59 Å². The minimum Gasteiger partial charge on any atom is -0.486 e. The SMILES string of the molecule is CCNC(=O)c1cccc(NC(=O)CNc2cccc3c2OCCO3)c1. The molecule has 2 aromatic carbocycles. The molecule has 0 radical (unpaired) electrons. The Hall–Kier alpha value is -3.22. The van der Waals surface area contributed by atoms with Crippen molar-refractivity contribution in [1.82, 2.24) is 5.32 Å². The van der Waals surface area contributed by atoms with Crippen LogP contribution < -0.4 is 25.4 Å². The fourth-order valence-corrected chi connectivity index (χ4v) is 2.59. The van der Waals surface area contributed by atoms with Crippen molar-refractivity contribution < 1.29 is 19.1 Å². The maximum Gasteiger partial charge on any atom is 0.251 e. The molecular weight excluding hydrogens is 334 g/mol. The molecule has 26 heavy (non-hydrogen) atoms. The van der Waals surface area contributed by atoms with E-state index in [2.05, 4.69) is 16.0 Å². The third-order valence-electron chi connectivity index (χ3n) is 3.75. The third-order valence-corrected chi connectivity index (χ3v) is 3.75. The molecule has 2 amide bonds. The molecular formula is C19H21N3O4. The third kappa shape index (κ3) is 4.24. The van der Waals surface area contributed by atoms with E-state index in [9.17, 15) is 9.59 Å². The van der Waals surface area contributed by atoms with E-state index >= 15 is 0 Å². The molecule has 7 nitrogen and oxygen atoms in total. The second kappa shape index (κ2) is 8.24. The number of hydrogen-bond acceptors (Lipinski definition) is 5. The molecule has 7 heteroatoms. The molecule has 0 spiro atoms. The highest BCUT2D eigenvalue weighted by Gasteiger charge is 2.16. The monoisotopic (exact) mass is 355 g/mol. The van der Waals surface area contributed by atoms with Gasteiger partial charge in [0.1, 0.15) is 13.2 Å². The molecule has 0 saturated carbocycles. The molecule has 1 aliphatic rings. The molecule has 0 aliphatic carbocycles. The van der Waals surface area contributed by atoms with E-state index in [-0.39, 0.29) is 18.4 Å². The van der Waals surface area contributed by atoms with Gasteiger partial charge in [0.25, 0.3) is 5.91 Å². The first kappa shape index (κ1) is 17.6. The summed E-state index contributed by atoms with van der Waals surface area (Å²) in [5.41, 5.74) is 1.77. The second-order valence-electron chi connectivity index (χ2n) is 5.67. The fourth-order valence-electron chi connectivity index (χ4n) is 2.59. The van der Waals surface area contributed by atoms with Gasteiger partial charge in [-0.05, 0) is 37.3 Å². The van der Waals surface area contributed by atoms with Gasteiger partial charge in [0, 0.05) is 17.8 Å². The number of para-hydroxylation sites is 1. The van der Waals surface area contributed by atoms with Gasteiger partial charge in [-0.1, -0.05) is 12.1 Å². The zero-order valence-corrected chi connectivity index (χ0v) is 14.5. The highest BCUT2D eigenvalue weighted by Crippen LogP contribution is 2.37. The summed E-state index contributed by atoms with van der Waals surface area (Å²) in [6.07, 6.45) is 0. The van der Waals surface area contributed by atoms with Crippen LogP contribution in [0.3, 0.4) is 0 Å². The van der Waals surface area contributed by atoms with Crippen molar-refractivity contribution >= 4 is 23.2 Å². The zero-order valence-electron chi connectivity index (χ0n) is 14.5. The van der Waals surface area contributed by atoms with E-state index in [1.165, 1.54) is 0 Å². The lowest BCUT2D eigenvalue weighted by molar-refractivity contribution is -0.114. The van der Waals surface area contributed by atoms with E-state index in [4.69, 9.17) is 9.47 Å². The molecule has 2 aromatic rings. The van der Waals surface area contributed by atoms with Crippen LogP contribution in [0.25, 0.3) is 0 Å². The lowest BCUT2D eigenvalue weighted by Crippen LogP contribution is -2.24. The summed E-state index contributed by atoms with van der Waals surface area (Å²) in [4.78, 5) is 24.1. The van der Waals surface area contributed by atoms with E-state index in [0.717, 1.165) is 0 Å². The number of fused-ring (bicyclic) bond motifs is 1. The summed E-state index contributed by atoms with van der Waals surface area (Å²) in [6.45, 7) is 3.45. The zero-order chi connectivity index (χ0) is 18.4. The number of rotatable bonds is 6. The molecule has 0 saturated heterocycles. The van der Waals surface area contributed by atoms with Crippen LogP contribution in [-0.2, 0) is 4.79 Å². The smallest absolute Gasteiger partial charge is 0.251 e. The van der Waals surface area contributed by atoms with E-state index in [1.54, 1.807) is 24.3 Å². The predicted octanol–water partition coefficient (Wildman–Crippen LogP) is 2.26. The van der Waals surface area contributed by atoms with Crippen molar-refractivity contribution in [3.8, 4) is 11.5 Å². The Kier molecular flexibility index (Phi) is 5.58. The minimum atomic E-state index is -0.229. The molecule has 1 heterocycles. The van der Waals surface area contributed by atoms with Crippen LogP contribution in [0, 0.1) is 0 Å². The number of hydrogen-bond donors (Lipinski definition) is 3. The van der Waals surface area contributed by atoms with Crippen LogP contribution in [0.4, 0.5) is 11.4 Å². The topological polar surface area (TPSA) is 88.7 Å². The van der Waals surface area contributed by atoms with E-state index < -0.39 is 0 Å². The van der Waals surface area contributed by atoms with Gasteiger partial charge in [0.05, 0.1) is 12.2 Å². The van der Waals surface area contributed by atoms with Crippen molar-refractivity contribution in [2.75, 3.05) is 36.9 Å². The Morgan fingerprint density at radius 3 is 2.73 bits per heavy atom. The molecule has 0 atom stereocenters. The van der Waals surface area contributed by atoms with E-state index in [1.807, 2.05) is 25.1 Å². The van der Waals surface area contributed by atoms with Crippen LogP contribution in [0.15, 0.2) is 42.5 Å². The summed E-state index contributed by atoms with van der Waals surface area (Å²) in [5, 5.41) is 8.56. The lowest BCUT2D eigenvalue weighted by atomic mass is 10.2.